The second kappa shape index (κ2) is 5.71. The number of hydrogen-bond donors (Lipinski definition) is 3. The fraction of sp³-hybridized carbons (Fsp3) is 0.231. The molecular weight excluding hydrogens is 260 g/mol. The Bertz CT molecular complexity index is 577. The molecule has 1 aromatic heterocycles. The monoisotopic (exact) mass is 276 g/mol. The van der Waals surface area contributed by atoms with Crippen molar-refractivity contribution in [2.75, 3.05) is 18.0 Å². The molecule has 0 radical (unpaired) electrons. The molecule has 100 valence electrons. The number of aromatic nitrogens is 1. The third kappa shape index (κ3) is 3.45. The number of carbonyl (C=O) groups excluding carboxylic acids is 1. The number of thiazole rings is 1. The van der Waals surface area contributed by atoms with Gasteiger partial charge in [-0.2, -0.15) is 0 Å². The van der Waals surface area contributed by atoms with Crippen molar-refractivity contribution in [1.29, 1.82) is 0 Å². The van der Waals surface area contributed by atoms with E-state index < -0.39 is 0 Å². The minimum Gasteiger partial charge on any atom is -0.399 e. The van der Waals surface area contributed by atoms with Gasteiger partial charge in [0.25, 0.3) is 5.91 Å². The van der Waals surface area contributed by atoms with Gasteiger partial charge in [-0.05, 0) is 31.0 Å². The van der Waals surface area contributed by atoms with E-state index in [-0.39, 0.29) is 5.91 Å². The highest BCUT2D eigenvalue weighted by molar-refractivity contribution is 7.17. The van der Waals surface area contributed by atoms with Crippen molar-refractivity contribution in [3.8, 4) is 0 Å². The molecule has 0 aliphatic heterocycles. The molecule has 0 saturated carbocycles. The van der Waals surface area contributed by atoms with E-state index in [1.54, 1.807) is 6.92 Å². The molecule has 19 heavy (non-hydrogen) atoms. The van der Waals surface area contributed by atoms with Crippen molar-refractivity contribution < 1.29 is 4.79 Å². The zero-order valence-corrected chi connectivity index (χ0v) is 11.5. The summed E-state index contributed by atoms with van der Waals surface area (Å²) in [4.78, 5) is 16.5. The summed E-state index contributed by atoms with van der Waals surface area (Å²) in [5.41, 5.74) is 13.7. The number of aryl methyl sites for hydroxylation is 1. The molecule has 0 aliphatic rings. The summed E-state index contributed by atoms with van der Waals surface area (Å²) >= 11 is 1.21. The van der Waals surface area contributed by atoms with E-state index in [2.05, 4.69) is 10.3 Å². The van der Waals surface area contributed by atoms with Crippen LogP contribution in [0.15, 0.2) is 24.3 Å². The van der Waals surface area contributed by atoms with Gasteiger partial charge in [0.15, 0.2) is 5.13 Å². The predicted molar refractivity (Wildman–Crippen MR) is 78.2 cm³/mol. The molecule has 0 aliphatic carbocycles. The zero-order chi connectivity index (χ0) is 13.8. The fourth-order valence-corrected chi connectivity index (χ4v) is 2.46. The maximum Gasteiger partial charge on any atom is 0.263 e. The molecule has 0 fully saturated rings. The van der Waals surface area contributed by atoms with Gasteiger partial charge < -0.3 is 16.8 Å². The molecule has 5 N–H and O–H groups in total. The van der Waals surface area contributed by atoms with Crippen molar-refractivity contribution >= 4 is 28.1 Å². The van der Waals surface area contributed by atoms with E-state index in [0.29, 0.717) is 22.2 Å². The van der Waals surface area contributed by atoms with Gasteiger partial charge in [-0.3, -0.25) is 4.79 Å². The van der Waals surface area contributed by atoms with E-state index in [1.165, 1.54) is 11.3 Å². The first-order valence-corrected chi connectivity index (χ1v) is 6.73. The van der Waals surface area contributed by atoms with E-state index in [0.717, 1.165) is 17.7 Å². The van der Waals surface area contributed by atoms with Crippen LogP contribution in [0, 0.1) is 6.92 Å². The number of anilines is 2. The van der Waals surface area contributed by atoms with Crippen LogP contribution in [0.5, 0.6) is 0 Å². The molecule has 0 saturated heterocycles. The summed E-state index contributed by atoms with van der Waals surface area (Å²) in [6.45, 7) is 2.35. The van der Waals surface area contributed by atoms with Crippen LogP contribution in [-0.4, -0.2) is 17.4 Å². The Hall–Kier alpha value is -2.08. The molecule has 2 aromatic rings. The second-order valence-electron chi connectivity index (χ2n) is 4.21. The number of amides is 1. The van der Waals surface area contributed by atoms with Gasteiger partial charge in [-0.1, -0.05) is 23.5 Å². The van der Waals surface area contributed by atoms with Crippen LogP contribution in [0.3, 0.4) is 0 Å². The lowest BCUT2D eigenvalue weighted by Crippen LogP contribution is -2.25. The molecule has 6 heteroatoms. The van der Waals surface area contributed by atoms with Gasteiger partial charge in [0.05, 0.1) is 5.69 Å². The minimum absolute atomic E-state index is 0.123. The fourth-order valence-electron chi connectivity index (χ4n) is 1.71. The Kier molecular flexibility index (Phi) is 4.01. The molecular formula is C13H16N4OS. The number of benzene rings is 1. The van der Waals surface area contributed by atoms with Gasteiger partial charge in [0.1, 0.15) is 4.88 Å². The predicted octanol–water partition coefficient (Wildman–Crippen LogP) is 1.59. The molecule has 0 spiro atoms. The summed E-state index contributed by atoms with van der Waals surface area (Å²) in [6.07, 6.45) is 0.763. The van der Waals surface area contributed by atoms with Crippen molar-refractivity contribution in [1.82, 2.24) is 10.3 Å². The lowest BCUT2D eigenvalue weighted by Gasteiger charge is -2.04. The van der Waals surface area contributed by atoms with Crippen LogP contribution in [-0.2, 0) is 6.42 Å². The zero-order valence-electron chi connectivity index (χ0n) is 10.6. The van der Waals surface area contributed by atoms with E-state index in [1.807, 2.05) is 24.3 Å². The Morgan fingerprint density at radius 1 is 1.32 bits per heavy atom. The topological polar surface area (TPSA) is 94.0 Å². The first kappa shape index (κ1) is 13.4. The molecule has 5 nitrogen and oxygen atoms in total. The molecule has 1 aromatic carbocycles. The first-order valence-electron chi connectivity index (χ1n) is 5.92. The van der Waals surface area contributed by atoms with Crippen LogP contribution < -0.4 is 16.8 Å². The third-order valence-corrected chi connectivity index (χ3v) is 3.68. The molecule has 2 rings (SSSR count). The molecule has 0 atom stereocenters. The van der Waals surface area contributed by atoms with Crippen LogP contribution in [0.1, 0.15) is 20.9 Å². The van der Waals surface area contributed by atoms with Gasteiger partial charge in [0, 0.05) is 12.2 Å². The number of nitrogens with one attached hydrogen (secondary N) is 1. The lowest BCUT2D eigenvalue weighted by atomic mass is 10.1. The maximum absolute atomic E-state index is 11.9. The van der Waals surface area contributed by atoms with Crippen LogP contribution in [0.2, 0.25) is 0 Å². The summed E-state index contributed by atoms with van der Waals surface area (Å²) in [7, 11) is 0. The van der Waals surface area contributed by atoms with Gasteiger partial charge >= 0.3 is 0 Å². The molecule has 1 amide bonds. The average molecular weight is 276 g/mol. The largest absolute Gasteiger partial charge is 0.399 e. The number of nitrogen functional groups attached to an aromatic ring is 2. The highest BCUT2D eigenvalue weighted by Gasteiger charge is 2.13. The number of rotatable bonds is 4. The van der Waals surface area contributed by atoms with Gasteiger partial charge in [0.2, 0.25) is 0 Å². The van der Waals surface area contributed by atoms with Crippen LogP contribution in [0.4, 0.5) is 10.8 Å². The van der Waals surface area contributed by atoms with Crippen molar-refractivity contribution in [3.63, 3.8) is 0 Å². The van der Waals surface area contributed by atoms with Crippen molar-refractivity contribution in [3.05, 3.63) is 40.4 Å². The normalized spacial score (nSPS) is 10.4. The number of hydrogen-bond acceptors (Lipinski definition) is 5. The highest BCUT2D eigenvalue weighted by atomic mass is 32.1. The second-order valence-corrected chi connectivity index (χ2v) is 5.24. The van der Waals surface area contributed by atoms with Crippen LogP contribution in [0.25, 0.3) is 0 Å². The van der Waals surface area contributed by atoms with Gasteiger partial charge in [-0.15, -0.1) is 0 Å². The Morgan fingerprint density at radius 3 is 2.58 bits per heavy atom. The number of nitrogens with two attached hydrogens (primary N) is 2. The average Bonchev–Trinajstić information content (AvgIpc) is 2.71. The Labute approximate surface area is 115 Å². The highest BCUT2D eigenvalue weighted by Crippen LogP contribution is 2.19. The summed E-state index contributed by atoms with van der Waals surface area (Å²) < 4.78 is 0. The molecule has 0 unspecified atom stereocenters. The summed E-state index contributed by atoms with van der Waals surface area (Å²) in [5, 5.41) is 3.28. The molecule has 1 heterocycles. The lowest BCUT2D eigenvalue weighted by molar-refractivity contribution is 0.0957. The smallest absolute Gasteiger partial charge is 0.263 e. The number of nitrogens with zero attached hydrogens (tertiary/aromatic N) is 1. The first-order chi connectivity index (χ1) is 9.06. The summed E-state index contributed by atoms with van der Waals surface area (Å²) in [5.74, 6) is -0.123. The SMILES string of the molecule is Cc1nc(N)sc1C(=O)NCCc1ccc(N)cc1. The quantitative estimate of drug-likeness (QED) is 0.739. The Morgan fingerprint density at radius 2 is 2.00 bits per heavy atom. The standard InChI is InChI=1S/C13H16N4OS/c1-8-11(19-13(15)17-8)12(18)16-7-6-9-2-4-10(14)5-3-9/h2-5H,6-7,14H2,1H3,(H2,15,17)(H,16,18). The number of carbonyl (C=O) groups is 1. The maximum atomic E-state index is 11.9. The van der Waals surface area contributed by atoms with E-state index in [9.17, 15) is 4.79 Å². The minimum atomic E-state index is -0.123. The van der Waals surface area contributed by atoms with Crippen molar-refractivity contribution in [2.45, 2.75) is 13.3 Å². The van der Waals surface area contributed by atoms with E-state index in [4.69, 9.17) is 11.5 Å². The Balaban J connectivity index is 1.87. The molecule has 0 bridgehead atoms. The van der Waals surface area contributed by atoms with Gasteiger partial charge in [-0.25, -0.2) is 4.98 Å². The van der Waals surface area contributed by atoms with Crippen LogP contribution >= 0.6 is 11.3 Å². The van der Waals surface area contributed by atoms with E-state index >= 15 is 0 Å². The third-order valence-electron chi connectivity index (χ3n) is 2.70. The summed E-state index contributed by atoms with van der Waals surface area (Å²) in [6, 6.07) is 7.62. The van der Waals surface area contributed by atoms with Crippen molar-refractivity contribution in [2.24, 2.45) is 0 Å².